The first kappa shape index (κ1) is 21.8. The van der Waals surface area contributed by atoms with E-state index in [0.29, 0.717) is 41.2 Å². The number of carbonyl (C=O) groups is 2. The molecular weight excluding hydrogens is 408 g/mol. The minimum atomic E-state index is -0.299. The lowest BCUT2D eigenvalue weighted by Crippen LogP contribution is -2.45. The molecule has 160 valence electrons. The van der Waals surface area contributed by atoms with Gasteiger partial charge in [0.25, 0.3) is 5.91 Å². The smallest absolute Gasteiger partial charge is 0.265 e. The Morgan fingerprint density at radius 2 is 1.90 bits per heavy atom. The lowest BCUT2D eigenvalue weighted by atomic mass is 10.1. The van der Waals surface area contributed by atoms with Crippen molar-refractivity contribution in [3.8, 4) is 17.2 Å². The third-order valence-corrected chi connectivity index (χ3v) is 4.85. The fourth-order valence-corrected chi connectivity index (χ4v) is 3.37. The van der Waals surface area contributed by atoms with Gasteiger partial charge >= 0.3 is 0 Å². The van der Waals surface area contributed by atoms with E-state index in [1.807, 2.05) is 39.0 Å². The summed E-state index contributed by atoms with van der Waals surface area (Å²) in [7, 11) is 0. The number of nitrogens with zero attached hydrogens (tertiary/aromatic N) is 1. The van der Waals surface area contributed by atoms with Gasteiger partial charge in [-0.05, 0) is 56.7 Å². The first-order chi connectivity index (χ1) is 14.4. The van der Waals surface area contributed by atoms with Gasteiger partial charge < -0.3 is 19.5 Å². The number of hydrogen-bond donors (Lipinski definition) is 1. The molecule has 1 atom stereocenters. The summed E-state index contributed by atoms with van der Waals surface area (Å²) in [6.45, 7) is 6.47. The summed E-state index contributed by atoms with van der Waals surface area (Å²) in [4.78, 5) is 26.4. The van der Waals surface area contributed by atoms with Gasteiger partial charge in [-0.2, -0.15) is 0 Å². The zero-order valence-electron chi connectivity index (χ0n) is 17.2. The molecule has 0 saturated heterocycles. The summed E-state index contributed by atoms with van der Waals surface area (Å²) >= 11 is 6.05. The van der Waals surface area contributed by atoms with Crippen LogP contribution in [0.2, 0.25) is 5.02 Å². The highest BCUT2D eigenvalue weighted by molar-refractivity contribution is 6.31. The van der Waals surface area contributed by atoms with Gasteiger partial charge in [0.2, 0.25) is 5.91 Å². The van der Waals surface area contributed by atoms with E-state index in [-0.39, 0.29) is 31.0 Å². The third-order valence-electron chi connectivity index (χ3n) is 4.61. The maximum atomic E-state index is 12.7. The highest BCUT2D eigenvalue weighted by Crippen LogP contribution is 2.34. The van der Waals surface area contributed by atoms with Gasteiger partial charge in [0.05, 0.1) is 24.9 Å². The van der Waals surface area contributed by atoms with E-state index < -0.39 is 0 Å². The highest BCUT2D eigenvalue weighted by Gasteiger charge is 2.28. The topological polar surface area (TPSA) is 77.1 Å². The van der Waals surface area contributed by atoms with Crippen LogP contribution in [-0.2, 0) is 9.59 Å². The van der Waals surface area contributed by atoms with Crippen molar-refractivity contribution in [2.45, 2.75) is 26.8 Å². The fraction of sp³-hybridized carbons (Fsp3) is 0.364. The SMILES string of the molecule is CCOc1ccc(C(C)NC(=O)CN2C(=O)COc3ccc(Cl)cc32)cc1OCC. The van der Waals surface area contributed by atoms with Crippen LogP contribution >= 0.6 is 11.6 Å². The molecule has 2 aromatic carbocycles. The Balaban J connectivity index is 1.71. The van der Waals surface area contributed by atoms with E-state index in [1.165, 1.54) is 4.90 Å². The van der Waals surface area contributed by atoms with E-state index >= 15 is 0 Å². The lowest BCUT2D eigenvalue weighted by molar-refractivity contribution is -0.125. The minimum Gasteiger partial charge on any atom is -0.490 e. The number of fused-ring (bicyclic) bond motifs is 1. The van der Waals surface area contributed by atoms with Crippen LogP contribution in [0.5, 0.6) is 17.2 Å². The molecule has 1 aliphatic rings. The Hall–Kier alpha value is -2.93. The molecule has 0 bridgehead atoms. The Morgan fingerprint density at radius 3 is 2.63 bits per heavy atom. The minimum absolute atomic E-state index is 0.117. The van der Waals surface area contributed by atoms with Crippen LogP contribution in [0, 0.1) is 0 Å². The van der Waals surface area contributed by atoms with Crippen LogP contribution in [0.3, 0.4) is 0 Å². The van der Waals surface area contributed by atoms with Gasteiger partial charge in [0.15, 0.2) is 18.1 Å². The zero-order chi connectivity index (χ0) is 21.7. The molecule has 1 aliphatic heterocycles. The maximum Gasteiger partial charge on any atom is 0.265 e. The number of hydrogen-bond acceptors (Lipinski definition) is 5. The first-order valence-corrected chi connectivity index (χ1v) is 10.2. The molecule has 7 nitrogen and oxygen atoms in total. The Labute approximate surface area is 180 Å². The van der Waals surface area contributed by atoms with Crippen LogP contribution in [0.4, 0.5) is 5.69 Å². The van der Waals surface area contributed by atoms with Crippen molar-refractivity contribution < 1.29 is 23.8 Å². The van der Waals surface area contributed by atoms with Crippen LogP contribution in [0.15, 0.2) is 36.4 Å². The Morgan fingerprint density at radius 1 is 1.17 bits per heavy atom. The largest absolute Gasteiger partial charge is 0.490 e. The Kier molecular flexibility index (Phi) is 7.05. The molecule has 1 heterocycles. The second-order valence-electron chi connectivity index (χ2n) is 6.74. The van der Waals surface area contributed by atoms with Crippen molar-refractivity contribution >= 4 is 29.1 Å². The number of ether oxygens (including phenoxy) is 3. The monoisotopic (exact) mass is 432 g/mol. The number of carbonyl (C=O) groups excluding carboxylic acids is 2. The van der Waals surface area contributed by atoms with Gasteiger partial charge in [-0.1, -0.05) is 17.7 Å². The van der Waals surface area contributed by atoms with Crippen molar-refractivity contribution in [2.24, 2.45) is 0 Å². The summed E-state index contributed by atoms with van der Waals surface area (Å²) in [5.74, 6) is 1.22. The molecule has 0 radical (unpaired) electrons. The van der Waals surface area contributed by atoms with E-state index in [9.17, 15) is 9.59 Å². The summed E-state index contributed by atoms with van der Waals surface area (Å²) in [5, 5.41) is 3.39. The second kappa shape index (κ2) is 9.71. The summed E-state index contributed by atoms with van der Waals surface area (Å²) in [6.07, 6.45) is 0. The van der Waals surface area contributed by atoms with E-state index in [0.717, 1.165) is 5.56 Å². The highest BCUT2D eigenvalue weighted by atomic mass is 35.5. The predicted octanol–water partition coefficient (Wildman–Crippen LogP) is 3.74. The van der Waals surface area contributed by atoms with Crippen molar-refractivity contribution in [3.05, 3.63) is 47.0 Å². The summed E-state index contributed by atoms with van der Waals surface area (Å²) in [5.41, 5.74) is 1.35. The molecule has 0 aliphatic carbocycles. The normalized spacial score (nSPS) is 13.9. The van der Waals surface area contributed by atoms with Crippen LogP contribution < -0.4 is 24.4 Å². The van der Waals surface area contributed by atoms with Crippen LogP contribution in [-0.4, -0.2) is 38.2 Å². The fourth-order valence-electron chi connectivity index (χ4n) is 3.20. The number of benzene rings is 2. The van der Waals surface area contributed by atoms with Crippen LogP contribution in [0.25, 0.3) is 0 Å². The predicted molar refractivity (Wildman–Crippen MR) is 115 cm³/mol. The van der Waals surface area contributed by atoms with Gasteiger partial charge in [-0.15, -0.1) is 0 Å². The number of rotatable bonds is 8. The molecule has 0 spiro atoms. The van der Waals surface area contributed by atoms with Gasteiger partial charge in [0, 0.05) is 5.02 Å². The molecule has 8 heteroatoms. The van der Waals surface area contributed by atoms with E-state index in [1.54, 1.807) is 18.2 Å². The molecule has 30 heavy (non-hydrogen) atoms. The number of anilines is 1. The molecular formula is C22H25ClN2O5. The molecule has 1 unspecified atom stereocenters. The maximum absolute atomic E-state index is 12.7. The van der Waals surface area contributed by atoms with Crippen molar-refractivity contribution in [2.75, 3.05) is 31.3 Å². The van der Waals surface area contributed by atoms with Crippen LogP contribution in [0.1, 0.15) is 32.4 Å². The van der Waals surface area contributed by atoms with Crippen molar-refractivity contribution in [1.82, 2.24) is 5.32 Å². The quantitative estimate of drug-likeness (QED) is 0.687. The van der Waals surface area contributed by atoms with E-state index in [2.05, 4.69) is 5.32 Å². The van der Waals surface area contributed by atoms with E-state index in [4.69, 9.17) is 25.8 Å². The van der Waals surface area contributed by atoms with Crippen molar-refractivity contribution in [1.29, 1.82) is 0 Å². The number of halogens is 1. The van der Waals surface area contributed by atoms with Gasteiger partial charge in [-0.3, -0.25) is 14.5 Å². The van der Waals surface area contributed by atoms with Crippen molar-refractivity contribution in [3.63, 3.8) is 0 Å². The molecule has 0 saturated carbocycles. The molecule has 1 N–H and O–H groups in total. The third kappa shape index (κ3) is 4.97. The number of amides is 2. The standard InChI is InChI=1S/C22H25ClN2O5/c1-4-28-19-8-6-15(10-20(19)29-5-2)14(3)24-21(26)12-25-17-11-16(23)7-9-18(17)30-13-22(25)27/h6-11,14H,4-5,12-13H2,1-3H3,(H,24,26). The molecule has 0 fully saturated rings. The molecule has 2 amide bonds. The molecule has 2 aromatic rings. The molecule has 0 aromatic heterocycles. The van der Waals surface area contributed by atoms with Gasteiger partial charge in [0.1, 0.15) is 12.3 Å². The van der Waals surface area contributed by atoms with Gasteiger partial charge in [-0.25, -0.2) is 0 Å². The zero-order valence-corrected chi connectivity index (χ0v) is 18.0. The number of nitrogens with one attached hydrogen (secondary N) is 1. The molecule has 3 rings (SSSR count). The second-order valence-corrected chi connectivity index (χ2v) is 7.18. The summed E-state index contributed by atoms with van der Waals surface area (Å²) in [6, 6.07) is 10.3. The lowest BCUT2D eigenvalue weighted by Gasteiger charge is -2.29. The average Bonchev–Trinajstić information content (AvgIpc) is 2.72. The summed E-state index contributed by atoms with van der Waals surface area (Å²) < 4.78 is 16.6. The Bertz CT molecular complexity index is 934. The average molecular weight is 433 g/mol. The first-order valence-electron chi connectivity index (χ1n) is 9.84.